The molecule has 2 aliphatic heterocycles. The molecule has 1 amide bonds. The average Bonchev–Trinajstić information content (AvgIpc) is 3.06. The Hall–Kier alpha value is -2.87. The summed E-state index contributed by atoms with van der Waals surface area (Å²) in [5.74, 6) is 0.732. The van der Waals surface area contributed by atoms with Crippen molar-refractivity contribution in [3.05, 3.63) is 41.9 Å². The van der Waals surface area contributed by atoms with E-state index in [1.165, 1.54) is 0 Å². The molecule has 2 aromatic rings. The lowest BCUT2D eigenvalue weighted by Crippen LogP contribution is -2.40. The number of nitrogen functional groups attached to an aromatic ring is 1. The highest BCUT2D eigenvalue weighted by Gasteiger charge is 2.37. The van der Waals surface area contributed by atoms with E-state index in [2.05, 4.69) is 9.88 Å². The molecule has 0 bridgehead atoms. The van der Waals surface area contributed by atoms with Gasteiger partial charge in [-0.25, -0.2) is 9.78 Å². The van der Waals surface area contributed by atoms with Gasteiger partial charge < -0.3 is 21.1 Å². The predicted molar refractivity (Wildman–Crippen MR) is 118 cm³/mol. The lowest BCUT2D eigenvalue weighted by atomic mass is 9.97. The van der Waals surface area contributed by atoms with Crippen LogP contribution < -0.4 is 21.3 Å². The zero-order valence-corrected chi connectivity index (χ0v) is 17.8. The summed E-state index contributed by atoms with van der Waals surface area (Å²) < 4.78 is 5.62. The highest BCUT2D eigenvalue weighted by molar-refractivity contribution is 5.92. The van der Waals surface area contributed by atoms with E-state index < -0.39 is 5.60 Å². The number of fused-ring (bicyclic) bond motifs is 1. The number of piperidine rings is 1. The van der Waals surface area contributed by atoms with E-state index in [0.29, 0.717) is 12.2 Å². The third-order valence-electron chi connectivity index (χ3n) is 5.56. The number of rotatable bonds is 2. The summed E-state index contributed by atoms with van der Waals surface area (Å²) in [6, 6.07) is 5.85. The van der Waals surface area contributed by atoms with Crippen LogP contribution in [0.15, 0.2) is 30.6 Å². The van der Waals surface area contributed by atoms with Gasteiger partial charge in [-0.3, -0.25) is 9.88 Å². The first-order valence-corrected chi connectivity index (χ1v) is 10.4. The van der Waals surface area contributed by atoms with Gasteiger partial charge in [0.05, 0.1) is 17.6 Å². The Bertz CT molecular complexity index is 933. The van der Waals surface area contributed by atoms with Gasteiger partial charge in [0.2, 0.25) is 0 Å². The molecule has 4 rings (SSSR count). The SMILES string of the molecule is CC(C)(C)OC(=O)N1CC(c2cncc(N3CCC(N)CC3)n2)c2cc(N)ccc21. The van der Waals surface area contributed by atoms with Gasteiger partial charge in [0.25, 0.3) is 0 Å². The van der Waals surface area contributed by atoms with Crippen LogP contribution in [-0.4, -0.2) is 47.3 Å². The van der Waals surface area contributed by atoms with Crippen molar-refractivity contribution in [3.8, 4) is 0 Å². The number of carbonyl (C=O) groups is 1. The van der Waals surface area contributed by atoms with E-state index in [-0.39, 0.29) is 18.1 Å². The van der Waals surface area contributed by atoms with Crippen molar-refractivity contribution in [2.24, 2.45) is 5.73 Å². The first kappa shape index (κ1) is 20.4. The van der Waals surface area contributed by atoms with Crippen LogP contribution in [0.2, 0.25) is 0 Å². The van der Waals surface area contributed by atoms with Gasteiger partial charge in [0, 0.05) is 43.5 Å². The lowest BCUT2D eigenvalue weighted by Gasteiger charge is -2.31. The second-order valence-electron chi connectivity index (χ2n) is 9.09. The number of amides is 1. The maximum Gasteiger partial charge on any atom is 0.414 e. The number of benzene rings is 1. The molecule has 0 radical (unpaired) electrons. The van der Waals surface area contributed by atoms with Crippen LogP contribution in [0.3, 0.4) is 0 Å². The molecule has 1 aromatic carbocycles. The molecule has 1 unspecified atom stereocenters. The fourth-order valence-corrected chi connectivity index (χ4v) is 4.04. The molecule has 2 aliphatic rings. The number of ether oxygens (including phenoxy) is 1. The van der Waals surface area contributed by atoms with Crippen LogP contribution in [0, 0.1) is 0 Å². The third-order valence-corrected chi connectivity index (χ3v) is 5.56. The minimum atomic E-state index is -0.571. The number of aromatic nitrogens is 2. The van der Waals surface area contributed by atoms with Crippen molar-refractivity contribution in [1.29, 1.82) is 0 Å². The first-order valence-electron chi connectivity index (χ1n) is 10.4. The van der Waals surface area contributed by atoms with E-state index in [9.17, 15) is 4.79 Å². The van der Waals surface area contributed by atoms with Crippen molar-refractivity contribution in [2.45, 2.75) is 51.2 Å². The monoisotopic (exact) mass is 410 g/mol. The van der Waals surface area contributed by atoms with E-state index in [1.807, 2.05) is 32.9 Å². The number of hydrogen-bond donors (Lipinski definition) is 2. The Balaban J connectivity index is 1.64. The first-order chi connectivity index (χ1) is 14.2. The standard InChI is InChI=1S/C22H30N6O2/c1-22(2,3)30-21(29)28-13-17(16-10-15(24)4-5-19(16)28)18-11-25-12-20(26-18)27-8-6-14(23)7-9-27/h4-5,10-12,14,17H,6-9,13,23-24H2,1-3H3. The van der Waals surface area contributed by atoms with Crippen LogP contribution in [0.5, 0.6) is 0 Å². The van der Waals surface area contributed by atoms with Gasteiger partial charge in [-0.1, -0.05) is 0 Å². The summed E-state index contributed by atoms with van der Waals surface area (Å²) in [5, 5.41) is 0. The van der Waals surface area contributed by atoms with E-state index in [1.54, 1.807) is 23.4 Å². The molecular formula is C22H30N6O2. The van der Waals surface area contributed by atoms with E-state index >= 15 is 0 Å². The molecular weight excluding hydrogens is 380 g/mol. The van der Waals surface area contributed by atoms with Crippen LogP contribution in [0.4, 0.5) is 22.0 Å². The summed E-state index contributed by atoms with van der Waals surface area (Å²) >= 11 is 0. The molecule has 0 spiro atoms. The minimum absolute atomic E-state index is 0.115. The molecule has 30 heavy (non-hydrogen) atoms. The molecule has 3 heterocycles. The third kappa shape index (κ3) is 4.18. The molecule has 1 fully saturated rings. The Morgan fingerprint density at radius 1 is 1.20 bits per heavy atom. The molecule has 1 atom stereocenters. The second kappa shape index (κ2) is 7.75. The second-order valence-corrected chi connectivity index (χ2v) is 9.09. The van der Waals surface area contributed by atoms with Crippen LogP contribution in [-0.2, 0) is 4.74 Å². The van der Waals surface area contributed by atoms with Gasteiger partial charge in [0.15, 0.2) is 0 Å². The smallest absolute Gasteiger partial charge is 0.414 e. The van der Waals surface area contributed by atoms with Crippen molar-refractivity contribution >= 4 is 23.3 Å². The van der Waals surface area contributed by atoms with Crippen LogP contribution >= 0.6 is 0 Å². The molecule has 0 saturated carbocycles. The van der Waals surface area contributed by atoms with Crippen molar-refractivity contribution < 1.29 is 9.53 Å². The number of nitrogens with two attached hydrogens (primary N) is 2. The number of carbonyl (C=O) groups excluding carboxylic acids is 1. The lowest BCUT2D eigenvalue weighted by molar-refractivity contribution is 0.0583. The van der Waals surface area contributed by atoms with E-state index in [0.717, 1.165) is 48.7 Å². The maximum atomic E-state index is 12.8. The fraction of sp³-hybridized carbons (Fsp3) is 0.500. The van der Waals surface area contributed by atoms with Crippen molar-refractivity contribution in [3.63, 3.8) is 0 Å². The van der Waals surface area contributed by atoms with Crippen LogP contribution in [0.25, 0.3) is 0 Å². The van der Waals surface area contributed by atoms with Crippen molar-refractivity contribution in [1.82, 2.24) is 9.97 Å². The Labute approximate surface area is 177 Å². The summed E-state index contributed by atoms with van der Waals surface area (Å²) in [5.41, 5.74) is 14.8. The maximum absolute atomic E-state index is 12.8. The topological polar surface area (TPSA) is 111 Å². The fourth-order valence-electron chi connectivity index (χ4n) is 4.04. The van der Waals surface area contributed by atoms with E-state index in [4.69, 9.17) is 21.2 Å². The van der Waals surface area contributed by atoms with Crippen molar-refractivity contribution in [2.75, 3.05) is 35.2 Å². The molecule has 1 aromatic heterocycles. The summed E-state index contributed by atoms with van der Waals surface area (Å²) in [6.07, 6.45) is 5.09. The van der Waals surface area contributed by atoms with Gasteiger partial charge >= 0.3 is 6.09 Å². The molecule has 1 saturated heterocycles. The quantitative estimate of drug-likeness (QED) is 0.732. The molecule has 160 valence electrons. The summed E-state index contributed by atoms with van der Waals surface area (Å²) in [4.78, 5) is 26.1. The normalized spacial score (nSPS) is 19.7. The largest absolute Gasteiger partial charge is 0.443 e. The minimum Gasteiger partial charge on any atom is -0.443 e. The van der Waals surface area contributed by atoms with Gasteiger partial charge in [0.1, 0.15) is 11.4 Å². The highest BCUT2D eigenvalue weighted by atomic mass is 16.6. The summed E-state index contributed by atoms with van der Waals surface area (Å²) in [6.45, 7) is 7.78. The zero-order chi connectivity index (χ0) is 21.5. The summed E-state index contributed by atoms with van der Waals surface area (Å²) in [7, 11) is 0. The van der Waals surface area contributed by atoms with Gasteiger partial charge in [-0.05, 0) is 57.4 Å². The van der Waals surface area contributed by atoms with Gasteiger partial charge in [-0.2, -0.15) is 0 Å². The molecule has 8 heteroatoms. The predicted octanol–water partition coefficient (Wildman–Crippen LogP) is 2.87. The Morgan fingerprint density at radius 3 is 2.63 bits per heavy atom. The highest BCUT2D eigenvalue weighted by Crippen LogP contribution is 2.41. The zero-order valence-electron chi connectivity index (χ0n) is 17.8. The Kier molecular flexibility index (Phi) is 5.27. The van der Waals surface area contributed by atoms with Gasteiger partial charge in [-0.15, -0.1) is 0 Å². The number of hydrogen-bond acceptors (Lipinski definition) is 7. The average molecular weight is 411 g/mol. The molecule has 4 N–H and O–H groups in total. The molecule has 8 nitrogen and oxygen atoms in total. The number of nitrogens with zero attached hydrogens (tertiary/aromatic N) is 4. The Morgan fingerprint density at radius 2 is 1.93 bits per heavy atom. The number of anilines is 3. The molecule has 0 aliphatic carbocycles. The van der Waals surface area contributed by atoms with Crippen LogP contribution in [0.1, 0.15) is 50.8 Å².